The third kappa shape index (κ3) is 3.51. The third-order valence-corrected chi connectivity index (χ3v) is 4.50. The van der Waals surface area contributed by atoms with Crippen LogP contribution in [0.2, 0.25) is 0 Å². The van der Waals surface area contributed by atoms with Crippen molar-refractivity contribution in [2.45, 2.75) is 44.2 Å². The lowest BCUT2D eigenvalue weighted by Gasteiger charge is -2.35. The normalized spacial score (nSPS) is 26.8. The molecular weight excluding hydrogens is 254 g/mol. The number of hydrogen-bond acceptors (Lipinski definition) is 5. The summed E-state index contributed by atoms with van der Waals surface area (Å²) >= 11 is 0. The van der Waals surface area contributed by atoms with Crippen LogP contribution < -0.4 is 5.73 Å². The van der Waals surface area contributed by atoms with Crippen molar-refractivity contribution in [1.82, 2.24) is 9.80 Å². The van der Waals surface area contributed by atoms with Crippen molar-refractivity contribution in [2.24, 2.45) is 11.7 Å². The van der Waals surface area contributed by atoms with E-state index in [0.29, 0.717) is 25.1 Å². The monoisotopic (exact) mass is 283 g/mol. The highest BCUT2D eigenvalue weighted by molar-refractivity contribution is 5.82. The standard InChI is InChI=1S/C15H29N3O2/c1-4-20-14(19)15(16,12-7-8-12)11-18-9-5-6-13(18)10-17(2)3/h12-13H,4-11,16H2,1-3H3. The Balaban J connectivity index is 2.02. The summed E-state index contributed by atoms with van der Waals surface area (Å²) in [4.78, 5) is 16.9. The molecule has 0 radical (unpaired) electrons. The Hall–Kier alpha value is -0.650. The highest BCUT2D eigenvalue weighted by Gasteiger charge is 2.51. The summed E-state index contributed by atoms with van der Waals surface area (Å²) in [5.41, 5.74) is 5.68. The van der Waals surface area contributed by atoms with Crippen molar-refractivity contribution in [3.63, 3.8) is 0 Å². The first-order chi connectivity index (χ1) is 9.47. The Morgan fingerprint density at radius 3 is 2.65 bits per heavy atom. The van der Waals surface area contributed by atoms with Gasteiger partial charge in [-0.3, -0.25) is 4.90 Å². The molecule has 1 saturated heterocycles. The average molecular weight is 283 g/mol. The molecule has 2 rings (SSSR count). The van der Waals surface area contributed by atoms with E-state index in [9.17, 15) is 4.79 Å². The van der Waals surface area contributed by atoms with Gasteiger partial charge in [0, 0.05) is 19.1 Å². The van der Waals surface area contributed by atoms with Crippen LogP contribution in [0.25, 0.3) is 0 Å². The molecule has 5 nitrogen and oxygen atoms in total. The van der Waals surface area contributed by atoms with Crippen LogP contribution in [0.3, 0.4) is 0 Å². The molecule has 0 spiro atoms. The van der Waals surface area contributed by atoms with Crippen LogP contribution in [0.1, 0.15) is 32.6 Å². The van der Waals surface area contributed by atoms with E-state index in [0.717, 1.165) is 25.9 Å². The van der Waals surface area contributed by atoms with Gasteiger partial charge in [-0.05, 0) is 59.2 Å². The fourth-order valence-electron chi connectivity index (χ4n) is 3.29. The molecule has 1 aliphatic carbocycles. The first-order valence-corrected chi connectivity index (χ1v) is 7.82. The molecule has 1 saturated carbocycles. The van der Waals surface area contributed by atoms with Gasteiger partial charge in [-0.25, -0.2) is 4.79 Å². The Kier molecular flexibility index (Phi) is 5.04. The molecule has 5 heteroatoms. The molecule has 1 aliphatic heterocycles. The summed E-state index contributed by atoms with van der Waals surface area (Å²) in [5.74, 6) is 0.0974. The lowest BCUT2D eigenvalue weighted by molar-refractivity contribution is -0.151. The van der Waals surface area contributed by atoms with E-state index in [2.05, 4.69) is 23.9 Å². The number of nitrogens with zero attached hydrogens (tertiary/aromatic N) is 2. The van der Waals surface area contributed by atoms with E-state index in [1.165, 1.54) is 12.8 Å². The van der Waals surface area contributed by atoms with Gasteiger partial charge in [-0.1, -0.05) is 0 Å². The number of likely N-dealkylation sites (N-methyl/N-ethyl adjacent to an activating group) is 1. The van der Waals surface area contributed by atoms with Crippen LogP contribution in [-0.4, -0.2) is 67.7 Å². The van der Waals surface area contributed by atoms with Gasteiger partial charge in [0.1, 0.15) is 5.54 Å². The number of ether oxygens (including phenoxy) is 1. The molecule has 2 aliphatic rings. The molecule has 0 amide bonds. The second kappa shape index (κ2) is 6.41. The quantitative estimate of drug-likeness (QED) is 0.696. The zero-order valence-corrected chi connectivity index (χ0v) is 13.1. The maximum Gasteiger partial charge on any atom is 0.327 e. The SMILES string of the molecule is CCOC(=O)C(N)(CN1CCCC1CN(C)C)C1CC1. The zero-order valence-electron chi connectivity index (χ0n) is 13.1. The topological polar surface area (TPSA) is 58.8 Å². The largest absolute Gasteiger partial charge is 0.465 e. The maximum atomic E-state index is 12.3. The molecule has 1 heterocycles. The van der Waals surface area contributed by atoms with Gasteiger partial charge >= 0.3 is 5.97 Å². The third-order valence-electron chi connectivity index (χ3n) is 4.50. The van der Waals surface area contributed by atoms with Gasteiger partial charge in [0.15, 0.2) is 0 Å². The molecule has 2 atom stereocenters. The Labute approximate surface area is 122 Å². The van der Waals surface area contributed by atoms with E-state index in [-0.39, 0.29) is 5.97 Å². The molecule has 0 bridgehead atoms. The Morgan fingerprint density at radius 2 is 2.10 bits per heavy atom. The van der Waals surface area contributed by atoms with Crippen molar-refractivity contribution in [3.8, 4) is 0 Å². The summed E-state index contributed by atoms with van der Waals surface area (Å²) < 4.78 is 5.23. The number of likely N-dealkylation sites (tertiary alicyclic amines) is 1. The summed E-state index contributed by atoms with van der Waals surface area (Å²) in [6.07, 6.45) is 4.51. The second-order valence-corrected chi connectivity index (χ2v) is 6.56. The van der Waals surface area contributed by atoms with Crippen molar-refractivity contribution in [1.29, 1.82) is 0 Å². The minimum atomic E-state index is -0.801. The molecule has 0 aromatic rings. The van der Waals surface area contributed by atoms with Gasteiger partial charge in [0.05, 0.1) is 6.61 Å². The summed E-state index contributed by atoms with van der Waals surface area (Å²) in [6.45, 7) is 4.98. The minimum Gasteiger partial charge on any atom is -0.465 e. The molecule has 0 aromatic heterocycles. The van der Waals surface area contributed by atoms with Crippen molar-refractivity contribution < 1.29 is 9.53 Å². The van der Waals surface area contributed by atoms with Gasteiger partial charge in [-0.2, -0.15) is 0 Å². The number of nitrogens with two attached hydrogens (primary N) is 1. The molecular formula is C15H29N3O2. The van der Waals surface area contributed by atoms with Crippen molar-refractivity contribution in [3.05, 3.63) is 0 Å². The summed E-state index contributed by atoms with van der Waals surface area (Å²) in [7, 11) is 4.19. The Bertz CT molecular complexity index is 344. The minimum absolute atomic E-state index is 0.210. The number of carbonyl (C=O) groups excluding carboxylic acids is 1. The van der Waals surface area contributed by atoms with Crippen LogP contribution in [0.4, 0.5) is 0 Å². The van der Waals surface area contributed by atoms with Crippen molar-refractivity contribution in [2.75, 3.05) is 40.3 Å². The first-order valence-electron chi connectivity index (χ1n) is 7.82. The molecule has 2 unspecified atom stereocenters. The van der Waals surface area contributed by atoms with Gasteiger partial charge in [0.2, 0.25) is 0 Å². The first kappa shape index (κ1) is 15.7. The molecule has 2 N–H and O–H groups in total. The highest BCUT2D eigenvalue weighted by atomic mass is 16.5. The predicted molar refractivity (Wildman–Crippen MR) is 79.4 cm³/mol. The van der Waals surface area contributed by atoms with Crippen LogP contribution in [-0.2, 0) is 9.53 Å². The second-order valence-electron chi connectivity index (χ2n) is 6.56. The lowest BCUT2D eigenvalue weighted by atomic mass is 9.93. The van der Waals surface area contributed by atoms with E-state index in [1.807, 2.05) is 6.92 Å². The van der Waals surface area contributed by atoms with Crippen LogP contribution in [0, 0.1) is 5.92 Å². The van der Waals surface area contributed by atoms with Crippen LogP contribution in [0.15, 0.2) is 0 Å². The number of esters is 1. The molecule has 0 aromatic carbocycles. The van der Waals surface area contributed by atoms with Crippen LogP contribution >= 0.6 is 0 Å². The predicted octanol–water partition coefficient (Wildman–Crippen LogP) is 0.683. The van der Waals surface area contributed by atoms with E-state index >= 15 is 0 Å². The summed E-state index contributed by atoms with van der Waals surface area (Å²) in [6, 6.07) is 0.515. The fraction of sp³-hybridized carbons (Fsp3) is 0.933. The molecule has 116 valence electrons. The van der Waals surface area contributed by atoms with Crippen molar-refractivity contribution >= 4 is 5.97 Å². The fourth-order valence-corrected chi connectivity index (χ4v) is 3.29. The number of carbonyl (C=O) groups is 1. The summed E-state index contributed by atoms with van der Waals surface area (Å²) in [5, 5.41) is 0. The maximum absolute atomic E-state index is 12.3. The lowest BCUT2D eigenvalue weighted by Crippen LogP contribution is -2.60. The van der Waals surface area contributed by atoms with Gasteiger partial charge < -0.3 is 15.4 Å². The zero-order chi connectivity index (χ0) is 14.8. The van der Waals surface area contributed by atoms with Crippen LogP contribution in [0.5, 0.6) is 0 Å². The van der Waals surface area contributed by atoms with E-state index < -0.39 is 5.54 Å². The number of hydrogen-bond donors (Lipinski definition) is 1. The average Bonchev–Trinajstić information content (AvgIpc) is 3.15. The molecule has 20 heavy (non-hydrogen) atoms. The van der Waals surface area contributed by atoms with Gasteiger partial charge in [-0.15, -0.1) is 0 Å². The highest BCUT2D eigenvalue weighted by Crippen LogP contribution is 2.40. The smallest absolute Gasteiger partial charge is 0.327 e. The molecule has 2 fully saturated rings. The van der Waals surface area contributed by atoms with E-state index in [4.69, 9.17) is 10.5 Å². The van der Waals surface area contributed by atoms with Gasteiger partial charge in [0.25, 0.3) is 0 Å². The number of rotatable bonds is 7. The van der Waals surface area contributed by atoms with E-state index in [1.54, 1.807) is 0 Å². The Morgan fingerprint density at radius 1 is 1.40 bits per heavy atom.